The third kappa shape index (κ3) is 3.68. The van der Waals surface area contributed by atoms with Crippen LogP contribution in [0.3, 0.4) is 0 Å². The molecule has 2 aliphatic rings. The molecule has 1 aliphatic heterocycles. The first kappa shape index (κ1) is 16.3. The molecule has 1 aromatic carbocycles. The van der Waals surface area contributed by atoms with E-state index in [0.717, 1.165) is 19.3 Å². The lowest BCUT2D eigenvalue weighted by Gasteiger charge is -2.28. The van der Waals surface area contributed by atoms with E-state index in [0.29, 0.717) is 18.9 Å². The highest BCUT2D eigenvalue weighted by molar-refractivity contribution is 7.91. The fraction of sp³-hybridized carbons (Fsp3) is 0.588. The van der Waals surface area contributed by atoms with Gasteiger partial charge in [-0.15, -0.1) is 0 Å². The van der Waals surface area contributed by atoms with Crippen LogP contribution in [-0.4, -0.2) is 50.5 Å². The summed E-state index contributed by atoms with van der Waals surface area (Å²) in [4.78, 5) is 13.9. The van der Waals surface area contributed by atoms with Gasteiger partial charge in [0.1, 0.15) is 0 Å². The molecule has 2 atom stereocenters. The minimum Gasteiger partial charge on any atom is -0.337 e. The van der Waals surface area contributed by atoms with Gasteiger partial charge < -0.3 is 10.2 Å². The molecule has 1 fully saturated rings. The number of aryl methyl sites for hydroxylation is 1. The summed E-state index contributed by atoms with van der Waals surface area (Å²) in [6.07, 6.45) is 3.88. The second kappa shape index (κ2) is 6.51. The van der Waals surface area contributed by atoms with E-state index in [1.165, 1.54) is 11.1 Å². The summed E-state index contributed by atoms with van der Waals surface area (Å²) in [7, 11) is -1.28. The van der Waals surface area contributed by atoms with Gasteiger partial charge in [0.15, 0.2) is 9.84 Å². The summed E-state index contributed by atoms with van der Waals surface area (Å²) in [6, 6.07) is 8.06. The summed E-state index contributed by atoms with van der Waals surface area (Å²) < 4.78 is 23.1. The van der Waals surface area contributed by atoms with E-state index in [9.17, 15) is 13.2 Å². The van der Waals surface area contributed by atoms with Gasteiger partial charge in [0.2, 0.25) is 0 Å². The van der Waals surface area contributed by atoms with Crippen LogP contribution < -0.4 is 5.32 Å². The zero-order valence-corrected chi connectivity index (χ0v) is 14.3. The number of hydrogen-bond acceptors (Lipinski definition) is 3. The minimum atomic E-state index is -2.97. The number of hydrogen-bond donors (Lipinski definition) is 1. The zero-order chi connectivity index (χ0) is 16.4. The summed E-state index contributed by atoms with van der Waals surface area (Å²) in [6.45, 7) is 0.611. The van der Waals surface area contributed by atoms with Gasteiger partial charge in [-0.2, -0.15) is 0 Å². The first-order valence-corrected chi connectivity index (χ1v) is 10.1. The topological polar surface area (TPSA) is 66.5 Å². The van der Waals surface area contributed by atoms with Gasteiger partial charge in [-0.25, -0.2) is 13.2 Å². The van der Waals surface area contributed by atoms with Crippen molar-refractivity contribution in [3.63, 3.8) is 0 Å². The van der Waals surface area contributed by atoms with Crippen molar-refractivity contribution in [2.75, 3.05) is 25.1 Å². The van der Waals surface area contributed by atoms with Crippen molar-refractivity contribution in [1.29, 1.82) is 0 Å². The van der Waals surface area contributed by atoms with Crippen molar-refractivity contribution in [2.45, 2.75) is 37.6 Å². The van der Waals surface area contributed by atoms with Crippen molar-refractivity contribution in [3.8, 4) is 0 Å². The van der Waals surface area contributed by atoms with E-state index in [1.807, 2.05) is 0 Å². The van der Waals surface area contributed by atoms with E-state index < -0.39 is 9.84 Å². The van der Waals surface area contributed by atoms with Crippen LogP contribution >= 0.6 is 0 Å². The molecule has 0 aromatic heterocycles. The number of nitrogens with one attached hydrogen (secondary N) is 1. The fourth-order valence-corrected chi connectivity index (χ4v) is 5.42. The largest absolute Gasteiger partial charge is 0.337 e. The molecule has 1 N–H and O–H groups in total. The third-order valence-electron chi connectivity index (χ3n) is 5.07. The second-order valence-corrected chi connectivity index (χ2v) is 8.87. The highest BCUT2D eigenvalue weighted by Crippen LogP contribution is 2.30. The summed E-state index contributed by atoms with van der Waals surface area (Å²) in [5.41, 5.74) is 2.72. The molecule has 5 nitrogen and oxygen atoms in total. The molecule has 1 saturated heterocycles. The maximum Gasteiger partial charge on any atom is 0.317 e. The Morgan fingerprint density at radius 1 is 1.30 bits per heavy atom. The van der Waals surface area contributed by atoms with Crippen LogP contribution in [0, 0.1) is 0 Å². The van der Waals surface area contributed by atoms with E-state index in [2.05, 4.69) is 29.6 Å². The highest BCUT2D eigenvalue weighted by atomic mass is 32.2. The smallest absolute Gasteiger partial charge is 0.317 e. The highest BCUT2D eigenvalue weighted by Gasteiger charge is 2.33. The van der Waals surface area contributed by atoms with Gasteiger partial charge in [0, 0.05) is 25.6 Å². The number of carbonyl (C=O) groups is 1. The molecule has 23 heavy (non-hydrogen) atoms. The molecule has 0 saturated carbocycles. The van der Waals surface area contributed by atoms with Crippen LogP contribution in [0.1, 0.15) is 36.3 Å². The molecule has 1 aliphatic carbocycles. The normalized spacial score (nSPS) is 25.6. The van der Waals surface area contributed by atoms with E-state index in [-0.39, 0.29) is 23.6 Å². The molecular weight excluding hydrogens is 312 g/mol. The maximum atomic E-state index is 12.3. The average Bonchev–Trinajstić information content (AvgIpc) is 2.91. The van der Waals surface area contributed by atoms with Gasteiger partial charge in [-0.05, 0) is 36.8 Å². The first-order valence-electron chi connectivity index (χ1n) is 8.25. The van der Waals surface area contributed by atoms with Crippen molar-refractivity contribution in [3.05, 3.63) is 35.4 Å². The number of fused-ring (bicyclic) bond motifs is 1. The average molecular weight is 336 g/mol. The lowest BCUT2D eigenvalue weighted by molar-refractivity contribution is 0.194. The molecule has 126 valence electrons. The Kier molecular flexibility index (Phi) is 4.62. The summed E-state index contributed by atoms with van der Waals surface area (Å²) >= 11 is 0. The van der Waals surface area contributed by atoms with Crippen LogP contribution in [0.5, 0.6) is 0 Å². The number of benzene rings is 1. The summed E-state index contributed by atoms with van der Waals surface area (Å²) in [5, 5.41) is 2.99. The molecule has 0 radical (unpaired) electrons. The van der Waals surface area contributed by atoms with Gasteiger partial charge in [0.05, 0.1) is 11.5 Å². The Labute approximate surface area is 138 Å². The van der Waals surface area contributed by atoms with Crippen LogP contribution in [0.25, 0.3) is 0 Å². The first-order chi connectivity index (χ1) is 11.0. The number of carbonyl (C=O) groups excluding carboxylic acids is 1. The molecule has 1 aromatic rings. The number of amides is 2. The van der Waals surface area contributed by atoms with Crippen molar-refractivity contribution < 1.29 is 13.2 Å². The molecule has 6 heteroatoms. The monoisotopic (exact) mass is 336 g/mol. The van der Waals surface area contributed by atoms with Gasteiger partial charge in [-0.1, -0.05) is 24.3 Å². The Morgan fingerprint density at radius 2 is 2.09 bits per heavy atom. The van der Waals surface area contributed by atoms with E-state index in [1.54, 1.807) is 11.9 Å². The SMILES string of the molecule is CN(C(=O)NC[C@@H]1CCCc2ccccc21)[C@H]1CCS(=O)(=O)C1. The molecule has 2 amide bonds. The van der Waals surface area contributed by atoms with Crippen molar-refractivity contribution in [1.82, 2.24) is 10.2 Å². The third-order valence-corrected chi connectivity index (χ3v) is 6.82. The molecule has 1 heterocycles. The minimum absolute atomic E-state index is 0.0865. The molecular formula is C17H24N2O3S. The standard InChI is InChI=1S/C17H24N2O3S/c1-19(15-9-10-23(21,22)12-15)17(20)18-11-14-7-4-6-13-5-2-3-8-16(13)14/h2-3,5,8,14-15H,4,6-7,9-12H2,1H3,(H,18,20)/t14-,15-/m0/s1. The maximum absolute atomic E-state index is 12.3. The lowest BCUT2D eigenvalue weighted by Crippen LogP contribution is -2.45. The Hall–Kier alpha value is -1.56. The van der Waals surface area contributed by atoms with Crippen LogP contribution in [0.15, 0.2) is 24.3 Å². The van der Waals surface area contributed by atoms with Gasteiger partial charge in [0.25, 0.3) is 0 Å². The Morgan fingerprint density at radius 3 is 2.83 bits per heavy atom. The Balaban J connectivity index is 1.58. The van der Waals surface area contributed by atoms with Crippen molar-refractivity contribution >= 4 is 15.9 Å². The van der Waals surface area contributed by atoms with Crippen molar-refractivity contribution in [2.24, 2.45) is 0 Å². The number of rotatable bonds is 3. The van der Waals surface area contributed by atoms with Gasteiger partial charge >= 0.3 is 6.03 Å². The molecule has 0 bridgehead atoms. The molecule has 0 spiro atoms. The molecule has 0 unspecified atom stereocenters. The number of nitrogens with zero attached hydrogens (tertiary/aromatic N) is 1. The van der Waals surface area contributed by atoms with Crippen LogP contribution in [-0.2, 0) is 16.3 Å². The number of urea groups is 1. The van der Waals surface area contributed by atoms with Gasteiger partial charge in [-0.3, -0.25) is 0 Å². The van der Waals surface area contributed by atoms with Crippen LogP contribution in [0.2, 0.25) is 0 Å². The second-order valence-electron chi connectivity index (χ2n) is 6.64. The lowest BCUT2D eigenvalue weighted by atomic mass is 9.83. The Bertz CT molecular complexity index is 687. The summed E-state index contributed by atoms with van der Waals surface area (Å²) in [5.74, 6) is 0.624. The van der Waals surface area contributed by atoms with E-state index >= 15 is 0 Å². The van der Waals surface area contributed by atoms with Crippen LogP contribution in [0.4, 0.5) is 4.79 Å². The predicted octanol–water partition coefficient (Wildman–Crippen LogP) is 1.94. The fourth-order valence-electron chi connectivity index (χ4n) is 3.65. The predicted molar refractivity (Wildman–Crippen MR) is 90.3 cm³/mol. The number of sulfone groups is 1. The molecule has 3 rings (SSSR count). The zero-order valence-electron chi connectivity index (χ0n) is 13.5. The quantitative estimate of drug-likeness (QED) is 0.917. The van der Waals surface area contributed by atoms with E-state index in [4.69, 9.17) is 0 Å².